The minimum absolute atomic E-state index is 0.797. The molecule has 0 saturated heterocycles. The first-order chi connectivity index (χ1) is 10.3. The van der Waals surface area contributed by atoms with Crippen LogP contribution in [0.25, 0.3) is 32.7 Å². The largest absolute Gasteiger partial charge is 0.399 e. The van der Waals surface area contributed by atoms with Gasteiger partial charge in [-0.05, 0) is 50.9 Å². The van der Waals surface area contributed by atoms with E-state index in [1.165, 1.54) is 32.7 Å². The summed E-state index contributed by atoms with van der Waals surface area (Å²) in [5, 5.41) is 5.15. The van der Waals surface area contributed by atoms with Crippen molar-refractivity contribution >= 4 is 27.2 Å². The van der Waals surface area contributed by atoms with E-state index in [1.807, 2.05) is 12.1 Å². The minimum Gasteiger partial charge on any atom is -0.399 e. The van der Waals surface area contributed by atoms with Crippen LogP contribution in [-0.2, 0) is 0 Å². The van der Waals surface area contributed by atoms with Gasteiger partial charge in [-0.1, -0.05) is 60.7 Å². The molecule has 0 amide bonds. The monoisotopic (exact) mass is 269 g/mol. The van der Waals surface area contributed by atoms with Crippen molar-refractivity contribution in [2.24, 2.45) is 0 Å². The van der Waals surface area contributed by atoms with E-state index in [0.29, 0.717) is 0 Å². The molecule has 0 atom stereocenters. The molecule has 1 nitrogen and oxygen atoms in total. The molecule has 2 N–H and O–H groups in total. The van der Waals surface area contributed by atoms with Crippen LogP contribution < -0.4 is 5.73 Å². The molecule has 0 saturated carbocycles. The normalized spacial score (nSPS) is 11.0. The van der Waals surface area contributed by atoms with Gasteiger partial charge in [0.1, 0.15) is 0 Å². The molecule has 0 fully saturated rings. The molecule has 0 aliphatic heterocycles. The summed E-state index contributed by atoms with van der Waals surface area (Å²) in [5.74, 6) is 0. The molecule has 21 heavy (non-hydrogen) atoms. The van der Waals surface area contributed by atoms with Gasteiger partial charge in [0.15, 0.2) is 0 Å². The highest BCUT2D eigenvalue weighted by molar-refractivity contribution is 6.08. The van der Waals surface area contributed by atoms with Crippen molar-refractivity contribution < 1.29 is 0 Å². The van der Waals surface area contributed by atoms with E-state index in [-0.39, 0.29) is 0 Å². The maximum Gasteiger partial charge on any atom is 0.0314 e. The number of nitrogen functional groups attached to an aromatic ring is 1. The summed E-state index contributed by atoms with van der Waals surface area (Å²) in [5.41, 5.74) is 8.97. The summed E-state index contributed by atoms with van der Waals surface area (Å²) in [6.07, 6.45) is 0. The fourth-order valence-corrected chi connectivity index (χ4v) is 2.87. The molecule has 0 radical (unpaired) electrons. The Morgan fingerprint density at radius 1 is 0.524 bits per heavy atom. The van der Waals surface area contributed by atoms with E-state index in [1.54, 1.807) is 0 Å². The fourth-order valence-electron chi connectivity index (χ4n) is 2.87. The molecule has 0 aliphatic rings. The number of benzene rings is 4. The molecule has 0 unspecified atom stereocenters. The molecule has 4 aromatic carbocycles. The topological polar surface area (TPSA) is 26.0 Å². The molecule has 0 aliphatic carbocycles. The number of hydrogen-bond acceptors (Lipinski definition) is 1. The predicted octanol–water partition coefficient (Wildman–Crippen LogP) is 5.24. The second-order valence-corrected chi connectivity index (χ2v) is 5.34. The van der Waals surface area contributed by atoms with E-state index in [0.717, 1.165) is 5.69 Å². The zero-order chi connectivity index (χ0) is 14.2. The highest BCUT2D eigenvalue weighted by atomic mass is 14.5. The summed E-state index contributed by atoms with van der Waals surface area (Å²) < 4.78 is 0. The lowest BCUT2D eigenvalue weighted by Gasteiger charge is -2.07. The second kappa shape index (κ2) is 4.64. The molecular formula is C20H15N. The van der Waals surface area contributed by atoms with Crippen molar-refractivity contribution in [3.63, 3.8) is 0 Å². The van der Waals surface area contributed by atoms with Gasteiger partial charge in [0.25, 0.3) is 0 Å². The van der Waals surface area contributed by atoms with Crippen LogP contribution in [0.5, 0.6) is 0 Å². The third kappa shape index (κ3) is 2.03. The van der Waals surface area contributed by atoms with Crippen molar-refractivity contribution in [1.82, 2.24) is 0 Å². The third-order valence-electron chi connectivity index (χ3n) is 3.99. The number of fused-ring (bicyclic) bond motifs is 3. The summed E-state index contributed by atoms with van der Waals surface area (Å²) in [6.45, 7) is 0. The zero-order valence-corrected chi connectivity index (χ0v) is 11.6. The van der Waals surface area contributed by atoms with Crippen LogP contribution in [-0.4, -0.2) is 0 Å². The van der Waals surface area contributed by atoms with Gasteiger partial charge < -0.3 is 5.73 Å². The van der Waals surface area contributed by atoms with Crippen LogP contribution in [0.15, 0.2) is 78.9 Å². The van der Waals surface area contributed by atoms with Crippen molar-refractivity contribution in [3.8, 4) is 11.1 Å². The smallest absolute Gasteiger partial charge is 0.0314 e. The van der Waals surface area contributed by atoms with Crippen molar-refractivity contribution in [2.45, 2.75) is 0 Å². The summed E-state index contributed by atoms with van der Waals surface area (Å²) >= 11 is 0. The van der Waals surface area contributed by atoms with Crippen LogP contribution in [0.3, 0.4) is 0 Å². The van der Waals surface area contributed by atoms with Gasteiger partial charge in [0, 0.05) is 5.69 Å². The van der Waals surface area contributed by atoms with Crippen LogP contribution in [0.1, 0.15) is 0 Å². The Balaban J connectivity index is 1.94. The van der Waals surface area contributed by atoms with Gasteiger partial charge in [-0.15, -0.1) is 0 Å². The lowest BCUT2D eigenvalue weighted by molar-refractivity contribution is 1.64. The molecule has 0 heterocycles. The van der Waals surface area contributed by atoms with E-state index in [4.69, 9.17) is 5.73 Å². The predicted molar refractivity (Wildman–Crippen MR) is 91.3 cm³/mol. The highest BCUT2D eigenvalue weighted by Crippen LogP contribution is 2.29. The van der Waals surface area contributed by atoms with E-state index in [9.17, 15) is 0 Å². The van der Waals surface area contributed by atoms with Gasteiger partial charge in [-0.2, -0.15) is 0 Å². The van der Waals surface area contributed by atoms with Crippen LogP contribution >= 0.6 is 0 Å². The van der Waals surface area contributed by atoms with Crippen molar-refractivity contribution in [1.29, 1.82) is 0 Å². The Morgan fingerprint density at radius 3 is 2.05 bits per heavy atom. The number of hydrogen-bond donors (Lipinski definition) is 1. The molecule has 0 bridgehead atoms. The first kappa shape index (κ1) is 12.0. The maximum atomic E-state index is 5.76. The fraction of sp³-hybridized carbons (Fsp3) is 0. The Labute approximate surface area is 123 Å². The molecule has 1 heteroatoms. The van der Waals surface area contributed by atoms with Gasteiger partial charge in [-0.25, -0.2) is 0 Å². The average Bonchev–Trinajstić information content (AvgIpc) is 2.55. The lowest BCUT2D eigenvalue weighted by Crippen LogP contribution is -1.84. The zero-order valence-electron chi connectivity index (χ0n) is 11.6. The molecule has 100 valence electrons. The highest BCUT2D eigenvalue weighted by Gasteiger charge is 2.03. The standard InChI is InChI=1S/C20H15N/c21-18-10-7-14(8-11-18)16-9-12-20-17(13-16)6-5-15-3-1-2-4-19(15)20/h1-13H,21H2. The Kier molecular flexibility index (Phi) is 2.65. The first-order valence-corrected chi connectivity index (χ1v) is 7.09. The SMILES string of the molecule is Nc1ccc(-c2ccc3c(ccc4ccccc43)c2)cc1. The third-order valence-corrected chi connectivity index (χ3v) is 3.99. The Morgan fingerprint density at radius 2 is 1.19 bits per heavy atom. The van der Waals surface area contributed by atoms with Gasteiger partial charge >= 0.3 is 0 Å². The number of anilines is 1. The Bertz CT molecular complexity index is 937. The Hall–Kier alpha value is -2.80. The van der Waals surface area contributed by atoms with Crippen LogP contribution in [0.2, 0.25) is 0 Å². The second-order valence-electron chi connectivity index (χ2n) is 5.34. The lowest BCUT2D eigenvalue weighted by atomic mass is 9.97. The summed E-state index contributed by atoms with van der Waals surface area (Å²) in [7, 11) is 0. The van der Waals surface area contributed by atoms with Crippen LogP contribution in [0.4, 0.5) is 5.69 Å². The molecular weight excluding hydrogens is 254 g/mol. The number of rotatable bonds is 1. The summed E-state index contributed by atoms with van der Waals surface area (Å²) in [4.78, 5) is 0. The van der Waals surface area contributed by atoms with Gasteiger partial charge in [-0.3, -0.25) is 0 Å². The van der Waals surface area contributed by atoms with E-state index >= 15 is 0 Å². The molecule has 0 spiro atoms. The van der Waals surface area contributed by atoms with Crippen LogP contribution in [0, 0.1) is 0 Å². The minimum atomic E-state index is 0.797. The van der Waals surface area contributed by atoms with Gasteiger partial charge in [0.05, 0.1) is 0 Å². The molecule has 4 aromatic rings. The van der Waals surface area contributed by atoms with E-state index < -0.39 is 0 Å². The molecule has 4 rings (SSSR count). The maximum absolute atomic E-state index is 5.76. The summed E-state index contributed by atoms with van der Waals surface area (Å²) in [6, 6.07) is 27.5. The first-order valence-electron chi connectivity index (χ1n) is 7.09. The van der Waals surface area contributed by atoms with E-state index in [2.05, 4.69) is 66.7 Å². The molecule has 0 aromatic heterocycles. The van der Waals surface area contributed by atoms with Crippen molar-refractivity contribution in [2.75, 3.05) is 5.73 Å². The van der Waals surface area contributed by atoms with Gasteiger partial charge in [0.2, 0.25) is 0 Å². The quantitative estimate of drug-likeness (QED) is 0.371. The van der Waals surface area contributed by atoms with Crippen molar-refractivity contribution in [3.05, 3.63) is 78.9 Å². The average molecular weight is 269 g/mol. The number of nitrogens with two attached hydrogens (primary N) is 1.